The first-order valence-corrected chi connectivity index (χ1v) is 7.01. The van der Waals surface area contributed by atoms with Gasteiger partial charge in [-0.1, -0.05) is 45.7 Å². The lowest BCUT2D eigenvalue weighted by Crippen LogP contribution is -2.24. The van der Waals surface area contributed by atoms with Crippen molar-refractivity contribution in [3.05, 3.63) is 63.1 Å². The Labute approximate surface area is 125 Å². The fourth-order valence-corrected chi connectivity index (χ4v) is 2.70. The summed E-state index contributed by atoms with van der Waals surface area (Å²) < 4.78 is 0.908. The van der Waals surface area contributed by atoms with Crippen LogP contribution >= 0.6 is 27.5 Å². The van der Waals surface area contributed by atoms with Crippen LogP contribution in [0.15, 0.2) is 46.9 Å². The van der Waals surface area contributed by atoms with Crippen LogP contribution in [0.4, 0.5) is 0 Å². The Kier molecular flexibility index (Phi) is 4.19. The lowest BCUT2D eigenvalue weighted by molar-refractivity contribution is 0.0576. The molecule has 2 aromatic carbocycles. The van der Waals surface area contributed by atoms with Crippen molar-refractivity contribution in [2.45, 2.75) is 18.9 Å². The topological polar surface area (TPSA) is 40.5 Å². The lowest BCUT2D eigenvalue weighted by atomic mass is 9.89. The molecule has 2 rings (SSSR count). The molecule has 0 radical (unpaired) electrons. The second-order valence-corrected chi connectivity index (χ2v) is 6.06. The zero-order valence-corrected chi connectivity index (χ0v) is 12.7. The van der Waals surface area contributed by atoms with Gasteiger partial charge in [-0.15, -0.1) is 0 Å². The van der Waals surface area contributed by atoms with Gasteiger partial charge in [-0.25, -0.2) is 0 Å². The Morgan fingerprint density at radius 2 is 1.79 bits per heavy atom. The number of phenols is 1. The van der Waals surface area contributed by atoms with E-state index in [1.807, 2.05) is 18.2 Å². The number of hydrogen-bond acceptors (Lipinski definition) is 2. The Bertz CT molecular complexity index is 579. The van der Waals surface area contributed by atoms with Crippen LogP contribution in [-0.4, -0.2) is 10.2 Å². The minimum absolute atomic E-state index is 0.182. The fraction of sp³-hybridized carbons (Fsp3) is 0.200. The van der Waals surface area contributed by atoms with Crippen molar-refractivity contribution in [1.29, 1.82) is 0 Å². The molecule has 0 heterocycles. The molecular weight excluding hydrogens is 328 g/mol. The molecule has 0 amide bonds. The molecule has 4 heteroatoms. The number of phenolic OH excluding ortho intramolecular Hbond substituents is 1. The first-order valence-electron chi connectivity index (χ1n) is 5.84. The predicted octanol–water partition coefficient (Wildman–Crippen LogP) is 4.26. The van der Waals surface area contributed by atoms with E-state index in [1.165, 1.54) is 0 Å². The molecule has 0 aliphatic rings. The largest absolute Gasteiger partial charge is 0.508 e. The quantitative estimate of drug-likeness (QED) is 0.876. The van der Waals surface area contributed by atoms with Crippen molar-refractivity contribution in [2.24, 2.45) is 0 Å². The third-order valence-corrected chi connectivity index (χ3v) is 3.88. The van der Waals surface area contributed by atoms with E-state index in [4.69, 9.17) is 11.6 Å². The normalized spacial score (nSPS) is 14.1. The molecule has 1 unspecified atom stereocenters. The fourth-order valence-electron chi connectivity index (χ4n) is 1.96. The van der Waals surface area contributed by atoms with Crippen LogP contribution in [0, 0.1) is 0 Å². The average Bonchev–Trinajstić information content (AvgIpc) is 2.33. The second kappa shape index (κ2) is 5.53. The number of rotatable bonds is 3. The van der Waals surface area contributed by atoms with Crippen LogP contribution in [0.2, 0.25) is 5.02 Å². The van der Waals surface area contributed by atoms with E-state index in [9.17, 15) is 10.2 Å². The molecule has 100 valence electrons. The zero-order chi connectivity index (χ0) is 14.0. The molecule has 0 aromatic heterocycles. The summed E-state index contributed by atoms with van der Waals surface area (Å²) in [5, 5.41) is 20.5. The van der Waals surface area contributed by atoms with Crippen molar-refractivity contribution in [2.75, 3.05) is 0 Å². The Morgan fingerprint density at radius 1 is 1.16 bits per heavy atom. The maximum atomic E-state index is 10.6. The smallest absolute Gasteiger partial charge is 0.115 e. The molecule has 1 atom stereocenters. The number of halogens is 2. The van der Waals surface area contributed by atoms with Crippen LogP contribution in [0.5, 0.6) is 5.75 Å². The molecule has 2 aromatic rings. The molecule has 0 bridgehead atoms. The summed E-state index contributed by atoms with van der Waals surface area (Å²) in [6, 6.07) is 12.1. The van der Waals surface area contributed by atoms with Crippen molar-refractivity contribution in [3.8, 4) is 5.75 Å². The van der Waals surface area contributed by atoms with Gasteiger partial charge in [0.25, 0.3) is 0 Å². The van der Waals surface area contributed by atoms with Gasteiger partial charge in [0.05, 0.1) is 5.60 Å². The first-order chi connectivity index (χ1) is 8.88. The Hall–Kier alpha value is -1.03. The summed E-state index contributed by atoms with van der Waals surface area (Å²) in [4.78, 5) is 0. The van der Waals surface area contributed by atoms with Gasteiger partial charge in [0.2, 0.25) is 0 Å². The maximum Gasteiger partial charge on any atom is 0.115 e. The van der Waals surface area contributed by atoms with Crippen molar-refractivity contribution < 1.29 is 10.2 Å². The summed E-state index contributed by atoms with van der Waals surface area (Å²) in [5.41, 5.74) is 0.581. The van der Waals surface area contributed by atoms with Gasteiger partial charge in [0.1, 0.15) is 5.75 Å². The molecular formula is C15H14BrClO2. The lowest BCUT2D eigenvalue weighted by Gasteiger charge is -2.24. The summed E-state index contributed by atoms with van der Waals surface area (Å²) in [5.74, 6) is 0.182. The van der Waals surface area contributed by atoms with E-state index >= 15 is 0 Å². The van der Waals surface area contributed by atoms with Crippen LogP contribution in [0.25, 0.3) is 0 Å². The van der Waals surface area contributed by atoms with E-state index in [1.54, 1.807) is 31.2 Å². The van der Waals surface area contributed by atoms with E-state index in [-0.39, 0.29) is 5.75 Å². The monoisotopic (exact) mass is 340 g/mol. The van der Waals surface area contributed by atoms with E-state index < -0.39 is 5.60 Å². The molecule has 19 heavy (non-hydrogen) atoms. The van der Waals surface area contributed by atoms with Gasteiger partial charge in [0, 0.05) is 15.9 Å². The summed E-state index contributed by atoms with van der Waals surface area (Å²) in [7, 11) is 0. The third-order valence-electron chi connectivity index (χ3n) is 3.04. The molecule has 0 aliphatic carbocycles. The highest BCUT2D eigenvalue weighted by Crippen LogP contribution is 2.30. The van der Waals surface area contributed by atoms with Gasteiger partial charge < -0.3 is 10.2 Å². The van der Waals surface area contributed by atoms with Gasteiger partial charge in [-0.3, -0.25) is 0 Å². The van der Waals surface area contributed by atoms with E-state index in [0.717, 1.165) is 15.6 Å². The molecule has 2 nitrogen and oxygen atoms in total. The maximum absolute atomic E-state index is 10.6. The number of hydrogen-bond donors (Lipinski definition) is 2. The highest BCUT2D eigenvalue weighted by Gasteiger charge is 2.24. The van der Waals surface area contributed by atoms with Crippen LogP contribution in [-0.2, 0) is 12.0 Å². The summed E-state index contributed by atoms with van der Waals surface area (Å²) >= 11 is 9.52. The van der Waals surface area contributed by atoms with Crippen LogP contribution in [0.3, 0.4) is 0 Å². The van der Waals surface area contributed by atoms with Crippen LogP contribution in [0.1, 0.15) is 18.1 Å². The van der Waals surface area contributed by atoms with Gasteiger partial charge in [-0.05, 0) is 42.3 Å². The minimum atomic E-state index is -1.04. The number of benzene rings is 2. The Morgan fingerprint density at radius 3 is 2.37 bits per heavy atom. The summed E-state index contributed by atoms with van der Waals surface area (Å²) in [6.07, 6.45) is 0.407. The number of aliphatic hydroxyl groups is 1. The predicted molar refractivity (Wildman–Crippen MR) is 80.5 cm³/mol. The average molecular weight is 342 g/mol. The molecule has 0 fully saturated rings. The SMILES string of the molecule is CC(O)(Cc1ccc(Br)cc1Cl)c1ccc(O)cc1. The van der Waals surface area contributed by atoms with Gasteiger partial charge in [-0.2, -0.15) is 0 Å². The highest BCUT2D eigenvalue weighted by atomic mass is 79.9. The first kappa shape index (κ1) is 14.4. The standard InChI is InChI=1S/C15H14BrClO2/c1-15(19,11-3-6-13(18)7-4-11)9-10-2-5-12(16)8-14(10)17/h2-8,18-19H,9H2,1H3. The highest BCUT2D eigenvalue weighted by molar-refractivity contribution is 9.10. The third kappa shape index (κ3) is 3.50. The second-order valence-electron chi connectivity index (χ2n) is 4.73. The molecule has 0 spiro atoms. The molecule has 0 aliphatic heterocycles. The zero-order valence-electron chi connectivity index (χ0n) is 10.4. The van der Waals surface area contributed by atoms with Crippen molar-refractivity contribution >= 4 is 27.5 Å². The molecule has 0 saturated heterocycles. The Balaban J connectivity index is 2.27. The minimum Gasteiger partial charge on any atom is -0.508 e. The van der Waals surface area contributed by atoms with Gasteiger partial charge >= 0.3 is 0 Å². The molecule has 2 N–H and O–H groups in total. The van der Waals surface area contributed by atoms with Crippen molar-refractivity contribution in [3.63, 3.8) is 0 Å². The van der Waals surface area contributed by atoms with Crippen molar-refractivity contribution in [1.82, 2.24) is 0 Å². The number of aromatic hydroxyl groups is 1. The van der Waals surface area contributed by atoms with E-state index in [2.05, 4.69) is 15.9 Å². The van der Waals surface area contributed by atoms with Crippen LogP contribution < -0.4 is 0 Å². The molecule has 0 saturated carbocycles. The summed E-state index contributed by atoms with van der Waals surface area (Å²) in [6.45, 7) is 1.73. The van der Waals surface area contributed by atoms with E-state index in [0.29, 0.717) is 11.4 Å². The van der Waals surface area contributed by atoms with Gasteiger partial charge in [0.15, 0.2) is 0 Å².